The van der Waals surface area contributed by atoms with Crippen LogP contribution in [0.3, 0.4) is 0 Å². The van der Waals surface area contributed by atoms with Crippen LogP contribution in [0.25, 0.3) is 0 Å². The van der Waals surface area contributed by atoms with Crippen LogP contribution >= 0.6 is 0 Å². The van der Waals surface area contributed by atoms with Crippen molar-refractivity contribution < 1.29 is 33.3 Å². The van der Waals surface area contributed by atoms with Gasteiger partial charge in [0.15, 0.2) is 17.3 Å². The Kier molecular flexibility index (Phi) is 16.8. The van der Waals surface area contributed by atoms with E-state index in [0.717, 1.165) is 12.0 Å². The van der Waals surface area contributed by atoms with Crippen LogP contribution in [-0.2, 0) is 19.0 Å². The second kappa shape index (κ2) is 19.4. The first-order valence-corrected chi connectivity index (χ1v) is 12.2. The van der Waals surface area contributed by atoms with Crippen LogP contribution in [0.5, 0.6) is 11.5 Å². The summed E-state index contributed by atoms with van der Waals surface area (Å²) in [6.45, 7) is 8.89. The molecule has 0 unspecified atom stereocenters. The molecule has 0 radical (unpaired) electrons. The number of ether oxygens (including phenoxy) is 5. The molecular formula is C26H41N3O7. The molecule has 1 aromatic rings. The van der Waals surface area contributed by atoms with Crippen molar-refractivity contribution in [3.05, 3.63) is 35.0 Å². The topological polar surface area (TPSA) is 117 Å². The third-order valence-electron chi connectivity index (χ3n) is 4.93. The number of carbonyl (C=O) groups excluding carboxylic acids is 2. The highest BCUT2D eigenvalue weighted by atomic mass is 16.5. The Bertz CT molecular complexity index is 856. The summed E-state index contributed by atoms with van der Waals surface area (Å²) in [6.07, 6.45) is 3.91. The van der Waals surface area contributed by atoms with Gasteiger partial charge in [0.2, 0.25) is 5.91 Å². The molecule has 10 heteroatoms. The van der Waals surface area contributed by atoms with E-state index in [1.165, 1.54) is 6.92 Å². The van der Waals surface area contributed by atoms with E-state index in [2.05, 4.69) is 15.5 Å². The summed E-state index contributed by atoms with van der Waals surface area (Å²) in [7, 11) is 3.15. The first kappa shape index (κ1) is 31.2. The van der Waals surface area contributed by atoms with Crippen LogP contribution in [0.4, 0.5) is 0 Å². The minimum atomic E-state index is -0.0366. The van der Waals surface area contributed by atoms with E-state index >= 15 is 0 Å². The number of hydrogen-bond acceptors (Lipinski definition) is 9. The molecule has 0 saturated carbocycles. The molecule has 0 aliphatic carbocycles. The van der Waals surface area contributed by atoms with Gasteiger partial charge >= 0.3 is 0 Å². The van der Waals surface area contributed by atoms with Crippen molar-refractivity contribution >= 4 is 11.7 Å². The molecule has 202 valence electrons. The molecule has 10 nitrogen and oxygen atoms in total. The molecule has 0 aromatic heterocycles. The molecular weight excluding hydrogens is 466 g/mol. The fourth-order valence-electron chi connectivity index (χ4n) is 3.15. The largest absolute Gasteiger partial charge is 0.493 e. The number of nitrogens with zero attached hydrogens (tertiary/aromatic N) is 2. The molecule has 0 aliphatic rings. The second-order valence-electron chi connectivity index (χ2n) is 7.88. The lowest BCUT2D eigenvalue weighted by Crippen LogP contribution is -2.27. The summed E-state index contributed by atoms with van der Waals surface area (Å²) in [5, 5.41) is 10.7. The maximum absolute atomic E-state index is 11.9. The average Bonchev–Trinajstić information content (AvgIpc) is 2.85. The Balaban J connectivity index is 2.26. The third kappa shape index (κ3) is 13.3. The van der Waals surface area contributed by atoms with Crippen LogP contribution in [0.15, 0.2) is 34.1 Å². The zero-order chi connectivity index (χ0) is 26.6. The fourth-order valence-corrected chi connectivity index (χ4v) is 3.15. The van der Waals surface area contributed by atoms with Gasteiger partial charge in [0.1, 0.15) is 6.61 Å². The van der Waals surface area contributed by atoms with Gasteiger partial charge in [-0.2, -0.15) is 10.2 Å². The van der Waals surface area contributed by atoms with Crippen molar-refractivity contribution in [3.63, 3.8) is 0 Å². The van der Waals surface area contributed by atoms with E-state index in [4.69, 9.17) is 23.7 Å². The summed E-state index contributed by atoms with van der Waals surface area (Å²) in [5.74, 6) is 1.05. The van der Waals surface area contributed by atoms with Crippen LogP contribution in [0, 0.1) is 6.92 Å². The molecule has 0 atom stereocenters. The van der Waals surface area contributed by atoms with Crippen molar-refractivity contribution in [2.24, 2.45) is 10.2 Å². The number of benzene rings is 1. The highest BCUT2D eigenvalue weighted by Gasteiger charge is 2.13. The number of amides is 1. The molecule has 1 rings (SSSR count). The van der Waals surface area contributed by atoms with Gasteiger partial charge in [-0.05, 0) is 44.4 Å². The summed E-state index contributed by atoms with van der Waals surface area (Å²) in [4.78, 5) is 23.2. The van der Waals surface area contributed by atoms with Gasteiger partial charge < -0.3 is 29.0 Å². The van der Waals surface area contributed by atoms with E-state index in [1.807, 2.05) is 19.9 Å². The maximum Gasteiger partial charge on any atom is 0.220 e. The number of azo groups is 1. The Morgan fingerprint density at radius 2 is 1.67 bits per heavy atom. The van der Waals surface area contributed by atoms with Crippen LogP contribution in [0.2, 0.25) is 0 Å². The molecule has 1 aromatic carbocycles. The Morgan fingerprint density at radius 3 is 2.28 bits per heavy atom. The minimum absolute atomic E-state index is 0.0366. The summed E-state index contributed by atoms with van der Waals surface area (Å²) >= 11 is 0. The quantitative estimate of drug-likeness (QED) is 0.162. The van der Waals surface area contributed by atoms with Crippen molar-refractivity contribution in [2.75, 3.05) is 67.0 Å². The van der Waals surface area contributed by atoms with Gasteiger partial charge in [-0.3, -0.25) is 9.59 Å². The van der Waals surface area contributed by atoms with Crippen molar-refractivity contribution in [1.29, 1.82) is 0 Å². The number of hydrogen-bond donors (Lipinski definition) is 1. The smallest absolute Gasteiger partial charge is 0.220 e. The van der Waals surface area contributed by atoms with Crippen LogP contribution in [0.1, 0.15) is 49.0 Å². The molecule has 0 spiro atoms. The van der Waals surface area contributed by atoms with E-state index in [1.54, 1.807) is 26.3 Å². The Hall–Kier alpha value is -2.82. The lowest BCUT2D eigenvalue weighted by Gasteiger charge is -2.13. The predicted octanol–water partition coefficient (Wildman–Crippen LogP) is 3.91. The number of carbonyl (C=O) groups is 2. The van der Waals surface area contributed by atoms with Gasteiger partial charge in [-0.1, -0.05) is 13.0 Å². The first-order valence-electron chi connectivity index (χ1n) is 12.2. The zero-order valence-corrected chi connectivity index (χ0v) is 22.3. The number of methoxy groups -OCH3 is 1. The first-order chi connectivity index (χ1) is 17.4. The highest BCUT2D eigenvalue weighted by molar-refractivity contribution is 5.96. The van der Waals surface area contributed by atoms with Gasteiger partial charge in [-0.25, -0.2) is 0 Å². The number of nitrogens with one attached hydrogen (secondary N) is 1. The molecule has 0 heterocycles. The monoisotopic (exact) mass is 507 g/mol. The number of rotatable bonds is 20. The fraction of sp³-hybridized carbons (Fsp3) is 0.615. The van der Waals surface area contributed by atoms with Gasteiger partial charge in [0.25, 0.3) is 0 Å². The van der Waals surface area contributed by atoms with Gasteiger partial charge in [0, 0.05) is 25.6 Å². The van der Waals surface area contributed by atoms with Gasteiger partial charge in [0.05, 0.1) is 52.4 Å². The molecule has 0 aliphatic heterocycles. The number of aryl methyl sites for hydroxylation is 1. The lowest BCUT2D eigenvalue weighted by molar-refractivity contribution is -0.121. The minimum Gasteiger partial charge on any atom is -0.493 e. The normalized spacial score (nSPS) is 11.6. The van der Waals surface area contributed by atoms with Crippen LogP contribution in [-0.4, -0.2) is 78.6 Å². The van der Waals surface area contributed by atoms with E-state index in [9.17, 15) is 9.59 Å². The summed E-state index contributed by atoms with van der Waals surface area (Å²) in [5.41, 5.74) is 2.07. The molecule has 0 saturated heterocycles. The van der Waals surface area contributed by atoms with E-state index < -0.39 is 0 Å². The van der Waals surface area contributed by atoms with E-state index in [0.29, 0.717) is 81.8 Å². The average molecular weight is 508 g/mol. The number of ketones is 1. The second-order valence-corrected chi connectivity index (χ2v) is 7.88. The van der Waals surface area contributed by atoms with E-state index in [-0.39, 0.29) is 18.3 Å². The standard InChI is InChI=1S/C26H41N3O7/c1-6-8-26(31)28-10-12-34-14-16-35-15-13-33-11-7-9-22(29-27-4)19-36-25-18-23(21(3)30)20(2)17-24(25)32-5/h9,17-18H,6-8,10-16,19H2,1-5H3,(H,28,31)/b22-9-,29-27?. The predicted molar refractivity (Wildman–Crippen MR) is 137 cm³/mol. The highest BCUT2D eigenvalue weighted by Crippen LogP contribution is 2.31. The Morgan fingerprint density at radius 1 is 1.00 bits per heavy atom. The number of Topliss-reactive ketones (excluding diaryl/α,β-unsaturated/α-hetero) is 1. The van der Waals surface area contributed by atoms with Crippen LogP contribution < -0.4 is 14.8 Å². The SMILES string of the molecule is CCCC(=O)NCCOCCOCCOCC/C=C(/COc1cc(C(C)=O)c(C)cc1OC)N=NC. The summed E-state index contributed by atoms with van der Waals surface area (Å²) < 4.78 is 27.7. The lowest BCUT2D eigenvalue weighted by atomic mass is 10.0. The maximum atomic E-state index is 11.9. The van der Waals surface area contributed by atoms with Crippen molar-refractivity contribution in [2.45, 2.75) is 40.0 Å². The van der Waals surface area contributed by atoms with Crippen molar-refractivity contribution in [3.8, 4) is 11.5 Å². The summed E-state index contributed by atoms with van der Waals surface area (Å²) in [6, 6.07) is 3.48. The molecule has 1 N–H and O–H groups in total. The molecule has 0 fully saturated rings. The zero-order valence-electron chi connectivity index (χ0n) is 22.3. The van der Waals surface area contributed by atoms with Gasteiger partial charge in [-0.15, -0.1) is 0 Å². The third-order valence-corrected chi connectivity index (χ3v) is 4.93. The molecule has 1 amide bonds. The molecule has 36 heavy (non-hydrogen) atoms. The Labute approximate surface area is 214 Å². The van der Waals surface area contributed by atoms with Crippen molar-refractivity contribution in [1.82, 2.24) is 5.32 Å². The molecule has 0 bridgehead atoms.